The molecule has 0 atom stereocenters. The van der Waals surface area contributed by atoms with Crippen LogP contribution in [-0.4, -0.2) is 28.3 Å². The Balaban J connectivity index is 1.87. The summed E-state index contributed by atoms with van der Waals surface area (Å²) in [5.74, 6) is -0.441. The van der Waals surface area contributed by atoms with E-state index in [0.29, 0.717) is 17.6 Å². The van der Waals surface area contributed by atoms with Gasteiger partial charge in [0.2, 0.25) is 0 Å². The number of aromatic nitrogens is 1. The Morgan fingerprint density at radius 3 is 2.28 bits per heavy atom. The minimum atomic E-state index is -0.230. The van der Waals surface area contributed by atoms with E-state index in [2.05, 4.69) is 16.7 Å². The van der Waals surface area contributed by atoms with Gasteiger partial charge in [-0.15, -0.1) is 0 Å². The molecule has 0 aliphatic carbocycles. The van der Waals surface area contributed by atoms with Crippen molar-refractivity contribution >= 4 is 28.3 Å². The SMILES string of the molecule is CN1C(=O)C(Cc2cn(C)c3ccccc23)=C(c2ccccc2)C1=O. The second kappa shape index (κ2) is 5.74. The maximum absolute atomic E-state index is 12.7. The molecule has 0 saturated carbocycles. The number of imide groups is 1. The summed E-state index contributed by atoms with van der Waals surface area (Å²) in [6.45, 7) is 0. The minimum absolute atomic E-state index is 0.211. The Morgan fingerprint density at radius 1 is 0.840 bits per heavy atom. The van der Waals surface area contributed by atoms with Crippen molar-refractivity contribution in [1.82, 2.24) is 9.47 Å². The molecule has 1 aliphatic heterocycles. The lowest BCUT2D eigenvalue weighted by Gasteiger charge is -2.06. The largest absolute Gasteiger partial charge is 0.350 e. The lowest BCUT2D eigenvalue weighted by atomic mass is 9.96. The molecule has 4 rings (SSSR count). The number of amides is 2. The molecule has 4 heteroatoms. The first-order valence-electron chi connectivity index (χ1n) is 8.22. The summed E-state index contributed by atoms with van der Waals surface area (Å²) >= 11 is 0. The Kier molecular flexibility index (Phi) is 3.53. The molecular formula is C21H18N2O2. The van der Waals surface area contributed by atoms with Crippen molar-refractivity contribution in [2.75, 3.05) is 7.05 Å². The summed E-state index contributed by atoms with van der Waals surface area (Å²) in [6, 6.07) is 17.5. The maximum Gasteiger partial charge on any atom is 0.261 e. The van der Waals surface area contributed by atoms with Gasteiger partial charge in [-0.2, -0.15) is 0 Å². The Hall–Kier alpha value is -3.14. The molecule has 2 amide bonds. The number of nitrogens with zero attached hydrogens (tertiary/aromatic N) is 2. The number of para-hydroxylation sites is 1. The van der Waals surface area contributed by atoms with Crippen LogP contribution in [-0.2, 0) is 23.1 Å². The van der Waals surface area contributed by atoms with Crippen LogP contribution in [0.15, 0.2) is 66.4 Å². The number of fused-ring (bicyclic) bond motifs is 1. The Labute approximate surface area is 146 Å². The number of rotatable bonds is 3. The third-order valence-electron chi connectivity index (χ3n) is 4.79. The molecule has 0 saturated heterocycles. The smallest absolute Gasteiger partial charge is 0.261 e. The fourth-order valence-corrected chi connectivity index (χ4v) is 3.52. The third-order valence-corrected chi connectivity index (χ3v) is 4.79. The van der Waals surface area contributed by atoms with E-state index >= 15 is 0 Å². The molecule has 0 unspecified atom stereocenters. The highest BCUT2D eigenvalue weighted by atomic mass is 16.2. The number of benzene rings is 2. The predicted octanol–water partition coefficient (Wildman–Crippen LogP) is 3.17. The first-order valence-corrected chi connectivity index (χ1v) is 8.22. The van der Waals surface area contributed by atoms with Gasteiger partial charge in [0.25, 0.3) is 11.8 Å². The van der Waals surface area contributed by atoms with E-state index in [-0.39, 0.29) is 11.8 Å². The summed E-state index contributed by atoms with van der Waals surface area (Å²) in [7, 11) is 3.54. The van der Waals surface area contributed by atoms with Gasteiger partial charge in [-0.3, -0.25) is 14.5 Å². The number of hydrogen-bond acceptors (Lipinski definition) is 2. The second-order valence-corrected chi connectivity index (χ2v) is 6.35. The number of likely N-dealkylation sites (N-methyl/N-ethyl adjacent to an activating group) is 1. The Morgan fingerprint density at radius 2 is 1.52 bits per heavy atom. The average molecular weight is 330 g/mol. The van der Waals surface area contributed by atoms with Gasteiger partial charge in [-0.05, 0) is 17.2 Å². The zero-order chi connectivity index (χ0) is 17.6. The molecular weight excluding hydrogens is 312 g/mol. The van der Waals surface area contributed by atoms with Crippen LogP contribution < -0.4 is 0 Å². The molecule has 2 heterocycles. The van der Waals surface area contributed by atoms with Crippen molar-refractivity contribution in [2.24, 2.45) is 7.05 Å². The van der Waals surface area contributed by atoms with Crippen LogP contribution in [0.25, 0.3) is 16.5 Å². The van der Waals surface area contributed by atoms with Crippen LogP contribution in [0.3, 0.4) is 0 Å². The van der Waals surface area contributed by atoms with Gasteiger partial charge in [0.05, 0.1) is 5.57 Å². The molecule has 1 aliphatic rings. The number of carbonyl (C=O) groups excluding carboxylic acids is 2. The molecule has 25 heavy (non-hydrogen) atoms. The second-order valence-electron chi connectivity index (χ2n) is 6.35. The topological polar surface area (TPSA) is 42.3 Å². The van der Waals surface area contributed by atoms with Crippen LogP contribution in [0.1, 0.15) is 11.1 Å². The van der Waals surface area contributed by atoms with Crippen molar-refractivity contribution < 1.29 is 9.59 Å². The van der Waals surface area contributed by atoms with Gasteiger partial charge >= 0.3 is 0 Å². The number of carbonyl (C=O) groups is 2. The van der Waals surface area contributed by atoms with Gasteiger partial charge in [-0.1, -0.05) is 48.5 Å². The summed E-state index contributed by atoms with van der Waals surface area (Å²) in [6.07, 6.45) is 2.48. The fraction of sp³-hybridized carbons (Fsp3) is 0.143. The highest BCUT2D eigenvalue weighted by Crippen LogP contribution is 2.32. The van der Waals surface area contributed by atoms with Gasteiger partial charge in [0.15, 0.2) is 0 Å². The van der Waals surface area contributed by atoms with Crippen LogP contribution in [0.5, 0.6) is 0 Å². The van der Waals surface area contributed by atoms with Crippen molar-refractivity contribution in [3.63, 3.8) is 0 Å². The predicted molar refractivity (Wildman–Crippen MR) is 97.8 cm³/mol. The van der Waals surface area contributed by atoms with Gasteiger partial charge < -0.3 is 4.57 Å². The molecule has 0 fully saturated rings. The minimum Gasteiger partial charge on any atom is -0.350 e. The third kappa shape index (κ3) is 2.38. The van der Waals surface area contributed by atoms with Crippen LogP contribution in [0.2, 0.25) is 0 Å². The summed E-state index contributed by atoms with van der Waals surface area (Å²) in [5.41, 5.74) is 4.04. The lowest BCUT2D eigenvalue weighted by molar-refractivity contribution is -0.135. The van der Waals surface area contributed by atoms with Crippen molar-refractivity contribution in [3.8, 4) is 0 Å². The van der Waals surface area contributed by atoms with Crippen LogP contribution in [0.4, 0.5) is 0 Å². The van der Waals surface area contributed by atoms with E-state index in [4.69, 9.17) is 0 Å². The Bertz CT molecular complexity index is 1030. The zero-order valence-electron chi connectivity index (χ0n) is 14.2. The molecule has 124 valence electrons. The number of hydrogen-bond donors (Lipinski definition) is 0. The van der Waals surface area contributed by atoms with E-state index in [1.165, 1.54) is 4.90 Å². The average Bonchev–Trinajstić information content (AvgIpc) is 3.06. The molecule has 2 aromatic carbocycles. The monoisotopic (exact) mass is 330 g/mol. The summed E-state index contributed by atoms with van der Waals surface area (Å²) in [5, 5.41) is 1.11. The molecule has 3 aromatic rings. The van der Waals surface area contributed by atoms with E-state index in [1.807, 2.05) is 55.7 Å². The summed E-state index contributed by atoms with van der Waals surface area (Å²) in [4.78, 5) is 26.5. The summed E-state index contributed by atoms with van der Waals surface area (Å²) < 4.78 is 2.05. The van der Waals surface area contributed by atoms with Crippen LogP contribution in [0, 0.1) is 0 Å². The van der Waals surface area contributed by atoms with Crippen LogP contribution >= 0.6 is 0 Å². The first-order chi connectivity index (χ1) is 12.1. The van der Waals surface area contributed by atoms with E-state index in [9.17, 15) is 9.59 Å². The molecule has 0 bridgehead atoms. The molecule has 0 radical (unpaired) electrons. The highest BCUT2D eigenvalue weighted by Gasteiger charge is 2.36. The van der Waals surface area contributed by atoms with Crippen molar-refractivity contribution in [3.05, 3.63) is 77.5 Å². The normalized spacial score (nSPS) is 14.9. The van der Waals surface area contributed by atoms with Crippen molar-refractivity contribution in [2.45, 2.75) is 6.42 Å². The molecule has 0 spiro atoms. The maximum atomic E-state index is 12.7. The zero-order valence-corrected chi connectivity index (χ0v) is 14.2. The molecule has 4 nitrogen and oxygen atoms in total. The standard InChI is InChI=1S/C21H18N2O2/c1-22-13-15(16-10-6-7-11-18(16)22)12-17-19(14-8-4-3-5-9-14)21(25)23(2)20(17)24/h3-11,13H,12H2,1-2H3. The van der Waals surface area contributed by atoms with E-state index in [1.54, 1.807) is 7.05 Å². The van der Waals surface area contributed by atoms with Crippen molar-refractivity contribution in [1.29, 1.82) is 0 Å². The van der Waals surface area contributed by atoms with Gasteiger partial charge in [0, 0.05) is 43.2 Å². The fourth-order valence-electron chi connectivity index (χ4n) is 3.52. The quantitative estimate of drug-likeness (QED) is 0.692. The van der Waals surface area contributed by atoms with E-state index in [0.717, 1.165) is 22.0 Å². The molecule has 0 N–H and O–H groups in total. The first kappa shape index (κ1) is 15.4. The number of aryl methyl sites for hydroxylation is 1. The van der Waals surface area contributed by atoms with E-state index < -0.39 is 0 Å². The molecule has 1 aromatic heterocycles. The highest BCUT2D eigenvalue weighted by molar-refractivity contribution is 6.35. The van der Waals surface area contributed by atoms with Gasteiger partial charge in [-0.25, -0.2) is 0 Å². The lowest BCUT2D eigenvalue weighted by Crippen LogP contribution is -2.27. The van der Waals surface area contributed by atoms with Gasteiger partial charge in [0.1, 0.15) is 0 Å².